The van der Waals surface area contributed by atoms with Crippen LogP contribution in [0.5, 0.6) is 0 Å². The Kier molecular flexibility index (Phi) is 8.44. The SMILES string of the molecule is COC(=O)CNC(=O)C(Cc1ccccc1)NSC(=O)OC(C)(C)C. The van der Waals surface area contributed by atoms with Crippen LogP contribution >= 0.6 is 11.9 Å². The van der Waals surface area contributed by atoms with E-state index in [9.17, 15) is 14.4 Å². The standard InChI is InChI=1S/C17H24N2O5S/c1-17(2,3)24-16(22)25-19-13(10-12-8-6-5-7-9-12)15(21)18-11-14(20)23-4/h5-9,13,19H,10-11H2,1-4H3,(H,18,21). The van der Waals surface area contributed by atoms with Crippen molar-refractivity contribution < 1.29 is 23.9 Å². The van der Waals surface area contributed by atoms with Crippen LogP contribution in [0.3, 0.4) is 0 Å². The van der Waals surface area contributed by atoms with Gasteiger partial charge in [-0.25, -0.2) is 9.52 Å². The molecule has 0 saturated carbocycles. The summed E-state index contributed by atoms with van der Waals surface area (Å²) in [7, 11) is 1.24. The van der Waals surface area contributed by atoms with E-state index in [4.69, 9.17) is 4.74 Å². The quantitative estimate of drug-likeness (QED) is 0.562. The second-order valence-electron chi connectivity index (χ2n) is 6.22. The van der Waals surface area contributed by atoms with Crippen LogP contribution < -0.4 is 10.0 Å². The van der Waals surface area contributed by atoms with Crippen LogP contribution in [0.4, 0.5) is 4.79 Å². The Morgan fingerprint density at radius 2 is 1.80 bits per heavy atom. The molecule has 0 aromatic heterocycles. The molecule has 0 aliphatic heterocycles. The van der Waals surface area contributed by atoms with Crippen LogP contribution in [-0.2, 0) is 25.5 Å². The fourth-order valence-corrected chi connectivity index (χ4v) is 2.50. The number of carbonyl (C=O) groups excluding carboxylic acids is 3. The van der Waals surface area contributed by atoms with Crippen molar-refractivity contribution >= 4 is 29.1 Å². The molecule has 1 aromatic rings. The summed E-state index contributed by atoms with van der Waals surface area (Å²) >= 11 is 0.711. The first-order valence-corrected chi connectivity index (χ1v) is 8.56. The predicted octanol–water partition coefficient (Wildman–Crippen LogP) is 2.06. The van der Waals surface area contributed by atoms with E-state index in [0.29, 0.717) is 18.4 Å². The maximum Gasteiger partial charge on any atom is 0.383 e. The third-order valence-corrected chi connectivity index (χ3v) is 3.56. The second kappa shape index (κ2) is 10.0. The average molecular weight is 368 g/mol. The minimum Gasteiger partial charge on any atom is -0.468 e. The number of esters is 1. The summed E-state index contributed by atoms with van der Waals surface area (Å²) < 4.78 is 12.5. The molecule has 0 radical (unpaired) electrons. The molecule has 7 nitrogen and oxygen atoms in total. The van der Waals surface area contributed by atoms with Crippen LogP contribution in [0.2, 0.25) is 0 Å². The van der Waals surface area contributed by atoms with E-state index in [1.54, 1.807) is 20.8 Å². The van der Waals surface area contributed by atoms with Crippen LogP contribution in [0, 0.1) is 0 Å². The van der Waals surface area contributed by atoms with Crippen LogP contribution in [0.1, 0.15) is 26.3 Å². The van der Waals surface area contributed by atoms with Crippen molar-refractivity contribution in [3.63, 3.8) is 0 Å². The normalized spacial score (nSPS) is 12.2. The van der Waals surface area contributed by atoms with Gasteiger partial charge in [0.15, 0.2) is 0 Å². The van der Waals surface area contributed by atoms with Gasteiger partial charge in [0.1, 0.15) is 18.2 Å². The number of methoxy groups -OCH3 is 1. The van der Waals surface area contributed by atoms with E-state index in [-0.39, 0.29) is 6.54 Å². The zero-order valence-electron chi connectivity index (χ0n) is 14.8. The van der Waals surface area contributed by atoms with Gasteiger partial charge in [0.25, 0.3) is 0 Å². The van der Waals surface area contributed by atoms with Gasteiger partial charge in [0.2, 0.25) is 5.91 Å². The smallest absolute Gasteiger partial charge is 0.383 e. The number of amides is 1. The van der Waals surface area contributed by atoms with Crippen molar-refractivity contribution in [2.45, 2.75) is 38.8 Å². The fourth-order valence-electron chi connectivity index (χ4n) is 1.78. The Morgan fingerprint density at radius 1 is 1.16 bits per heavy atom. The van der Waals surface area contributed by atoms with E-state index in [0.717, 1.165) is 5.56 Å². The van der Waals surface area contributed by atoms with Gasteiger partial charge in [-0.2, -0.15) is 0 Å². The fraction of sp³-hybridized carbons (Fsp3) is 0.471. The average Bonchev–Trinajstić information content (AvgIpc) is 2.55. The van der Waals surface area contributed by atoms with Gasteiger partial charge in [-0.1, -0.05) is 30.3 Å². The Morgan fingerprint density at radius 3 is 2.36 bits per heavy atom. The molecular weight excluding hydrogens is 344 g/mol. The highest BCUT2D eigenvalue weighted by atomic mass is 32.2. The van der Waals surface area contributed by atoms with Crippen LogP contribution in [0.15, 0.2) is 30.3 Å². The molecule has 1 unspecified atom stereocenters. The van der Waals surface area contributed by atoms with Crippen LogP contribution in [0.25, 0.3) is 0 Å². The number of nitrogens with one attached hydrogen (secondary N) is 2. The van der Waals surface area contributed by atoms with Crippen molar-refractivity contribution in [2.75, 3.05) is 13.7 Å². The number of rotatable bonds is 7. The lowest BCUT2D eigenvalue weighted by molar-refractivity contribution is -0.141. The zero-order valence-corrected chi connectivity index (χ0v) is 15.6. The minimum atomic E-state index is -0.718. The summed E-state index contributed by atoms with van der Waals surface area (Å²) in [5.41, 5.74) is 0.298. The first-order valence-electron chi connectivity index (χ1n) is 7.75. The maximum atomic E-state index is 12.3. The van der Waals surface area contributed by atoms with E-state index in [1.807, 2.05) is 30.3 Å². The molecule has 0 bridgehead atoms. The zero-order chi connectivity index (χ0) is 18.9. The molecule has 1 rings (SSSR count). The Hall–Kier alpha value is -2.06. The lowest BCUT2D eigenvalue weighted by Crippen LogP contribution is -2.45. The third-order valence-electron chi connectivity index (χ3n) is 2.91. The van der Waals surface area contributed by atoms with E-state index in [1.165, 1.54) is 7.11 Å². The van der Waals surface area contributed by atoms with E-state index < -0.39 is 28.8 Å². The molecule has 0 aliphatic rings. The van der Waals surface area contributed by atoms with Crippen molar-refractivity contribution in [1.29, 1.82) is 0 Å². The molecule has 0 aliphatic carbocycles. The van der Waals surface area contributed by atoms with E-state index in [2.05, 4.69) is 14.8 Å². The largest absolute Gasteiger partial charge is 0.468 e. The first kappa shape index (κ1) is 21.0. The molecule has 1 amide bonds. The third kappa shape index (κ3) is 9.11. The van der Waals surface area contributed by atoms with Gasteiger partial charge in [0.05, 0.1) is 7.11 Å². The number of ether oxygens (including phenoxy) is 2. The minimum absolute atomic E-state index is 0.237. The highest BCUT2D eigenvalue weighted by Gasteiger charge is 2.23. The summed E-state index contributed by atoms with van der Waals surface area (Å²) in [6, 6.07) is 8.63. The molecular formula is C17H24N2O5S. The lowest BCUT2D eigenvalue weighted by Gasteiger charge is -2.21. The van der Waals surface area contributed by atoms with Gasteiger partial charge in [-0.15, -0.1) is 0 Å². The maximum absolute atomic E-state index is 12.3. The number of hydrogen-bond acceptors (Lipinski definition) is 7. The summed E-state index contributed by atoms with van der Waals surface area (Å²) in [5.74, 6) is -0.961. The lowest BCUT2D eigenvalue weighted by atomic mass is 10.1. The van der Waals surface area contributed by atoms with Gasteiger partial charge in [-0.05, 0) is 32.8 Å². The molecule has 0 fully saturated rings. The molecule has 1 aromatic carbocycles. The second-order valence-corrected chi connectivity index (χ2v) is 6.99. The summed E-state index contributed by atoms with van der Waals surface area (Å²) in [6.07, 6.45) is 0.351. The summed E-state index contributed by atoms with van der Waals surface area (Å²) in [4.78, 5) is 35.3. The van der Waals surface area contributed by atoms with Gasteiger partial charge in [0, 0.05) is 11.9 Å². The number of benzene rings is 1. The van der Waals surface area contributed by atoms with Crippen molar-refractivity contribution in [1.82, 2.24) is 10.0 Å². The molecule has 25 heavy (non-hydrogen) atoms. The van der Waals surface area contributed by atoms with Crippen molar-refractivity contribution in [3.05, 3.63) is 35.9 Å². The molecule has 2 N–H and O–H groups in total. The monoisotopic (exact) mass is 368 g/mol. The van der Waals surface area contributed by atoms with Gasteiger partial charge >= 0.3 is 11.3 Å². The first-order chi connectivity index (χ1) is 11.7. The Balaban J connectivity index is 2.68. The van der Waals surface area contributed by atoms with Gasteiger partial charge in [-0.3, -0.25) is 9.59 Å². The summed E-state index contributed by atoms with van der Waals surface area (Å²) in [6.45, 7) is 5.04. The topological polar surface area (TPSA) is 93.7 Å². The molecule has 1 atom stereocenters. The predicted molar refractivity (Wildman–Crippen MR) is 95.9 cm³/mol. The molecule has 0 spiro atoms. The van der Waals surface area contributed by atoms with Crippen molar-refractivity contribution in [3.8, 4) is 0 Å². The van der Waals surface area contributed by atoms with Crippen molar-refractivity contribution in [2.24, 2.45) is 0 Å². The molecule has 0 heterocycles. The summed E-state index contributed by atoms with van der Waals surface area (Å²) in [5, 5.41) is 1.95. The number of hydrogen-bond donors (Lipinski definition) is 2. The Labute approximate surface area is 152 Å². The van der Waals surface area contributed by atoms with Crippen LogP contribution in [-0.4, -0.2) is 42.5 Å². The molecule has 0 saturated heterocycles. The highest BCUT2D eigenvalue weighted by molar-refractivity contribution is 8.11. The molecule has 138 valence electrons. The Bertz CT molecular complexity index is 586. The molecule has 8 heteroatoms. The highest BCUT2D eigenvalue weighted by Crippen LogP contribution is 2.14. The van der Waals surface area contributed by atoms with E-state index >= 15 is 0 Å². The number of carbonyl (C=O) groups is 3. The van der Waals surface area contributed by atoms with Gasteiger partial charge < -0.3 is 14.8 Å².